The Bertz CT molecular complexity index is 850. The second kappa shape index (κ2) is 4.01. The van der Waals surface area contributed by atoms with E-state index < -0.39 is 0 Å². The normalized spacial score (nSPS) is 32.1. The van der Waals surface area contributed by atoms with Crippen LogP contribution >= 0.6 is 0 Å². The van der Waals surface area contributed by atoms with E-state index in [-0.39, 0.29) is 5.41 Å². The number of allylic oxidation sites excluding steroid dienone is 2. The number of hydrogen-bond acceptors (Lipinski definition) is 2. The van der Waals surface area contributed by atoms with Gasteiger partial charge in [-0.3, -0.25) is 4.79 Å². The molecule has 3 aliphatic carbocycles. The molecule has 2 aromatic carbocycles. The van der Waals surface area contributed by atoms with Crippen LogP contribution in [0.1, 0.15) is 30.4 Å². The van der Waals surface area contributed by atoms with Gasteiger partial charge in [-0.15, -0.1) is 0 Å². The van der Waals surface area contributed by atoms with Crippen molar-refractivity contribution >= 4 is 22.2 Å². The summed E-state index contributed by atoms with van der Waals surface area (Å²) in [6.07, 6.45) is 8.32. The lowest BCUT2D eigenvalue weighted by Crippen LogP contribution is -2.43. The van der Waals surface area contributed by atoms with Gasteiger partial charge in [-0.2, -0.15) is 0 Å². The van der Waals surface area contributed by atoms with Gasteiger partial charge in [-0.05, 0) is 59.7 Å². The third-order valence-corrected chi connectivity index (χ3v) is 6.13. The number of hydrogen-bond donors (Lipinski definition) is 1. The molecule has 0 saturated heterocycles. The zero-order chi connectivity index (χ0) is 14.9. The van der Waals surface area contributed by atoms with E-state index in [4.69, 9.17) is 5.73 Å². The molecule has 0 heterocycles. The van der Waals surface area contributed by atoms with Crippen LogP contribution < -0.4 is 5.73 Å². The van der Waals surface area contributed by atoms with Crippen LogP contribution in [0.2, 0.25) is 0 Å². The highest BCUT2D eigenvalue weighted by molar-refractivity contribution is 5.99. The molecule has 2 nitrogen and oxygen atoms in total. The molecule has 3 unspecified atom stereocenters. The van der Waals surface area contributed by atoms with E-state index in [1.807, 2.05) is 12.1 Å². The molecule has 3 atom stereocenters. The van der Waals surface area contributed by atoms with E-state index in [2.05, 4.69) is 30.4 Å². The van der Waals surface area contributed by atoms with Crippen molar-refractivity contribution in [3.63, 3.8) is 0 Å². The van der Waals surface area contributed by atoms with Crippen LogP contribution in [-0.4, -0.2) is 5.78 Å². The molecule has 1 fully saturated rings. The first-order chi connectivity index (χ1) is 10.7. The summed E-state index contributed by atoms with van der Waals surface area (Å²) >= 11 is 0. The van der Waals surface area contributed by atoms with Gasteiger partial charge in [0.2, 0.25) is 0 Å². The Kier molecular flexibility index (Phi) is 2.27. The Labute approximate surface area is 130 Å². The Balaban J connectivity index is 1.82. The SMILES string of the molecule is Nc1cccc2cc3c(cc12)C1(CC2C=CC1C2)C(=O)CC3. The number of ketones is 1. The predicted octanol–water partition coefficient (Wildman–Crippen LogP) is 3.77. The van der Waals surface area contributed by atoms with E-state index in [1.165, 1.54) is 16.5 Å². The first kappa shape index (κ1) is 12.5. The first-order valence-corrected chi connectivity index (χ1v) is 8.22. The molecule has 0 amide bonds. The van der Waals surface area contributed by atoms with Crippen LogP contribution in [0.4, 0.5) is 5.69 Å². The van der Waals surface area contributed by atoms with Gasteiger partial charge in [-0.25, -0.2) is 0 Å². The zero-order valence-corrected chi connectivity index (χ0v) is 12.5. The second-order valence-corrected chi connectivity index (χ2v) is 7.16. The number of Topliss-reactive ketones (excluding diaryl/α,β-unsaturated/α-hetero) is 1. The number of benzene rings is 2. The van der Waals surface area contributed by atoms with E-state index in [1.54, 1.807) is 0 Å². The summed E-state index contributed by atoms with van der Waals surface area (Å²) in [5.41, 5.74) is 9.37. The molecule has 2 bridgehead atoms. The molecular formula is C20H19NO. The Hall–Kier alpha value is -2.09. The fourth-order valence-corrected chi connectivity index (χ4v) is 5.13. The van der Waals surface area contributed by atoms with Crippen molar-refractivity contribution in [2.45, 2.75) is 31.1 Å². The van der Waals surface area contributed by atoms with Gasteiger partial charge in [-0.1, -0.05) is 30.4 Å². The average Bonchev–Trinajstić information content (AvgIpc) is 3.12. The maximum Gasteiger partial charge on any atom is 0.144 e. The van der Waals surface area contributed by atoms with Crippen molar-refractivity contribution in [1.82, 2.24) is 0 Å². The molecule has 5 rings (SSSR count). The molecule has 110 valence electrons. The topological polar surface area (TPSA) is 43.1 Å². The van der Waals surface area contributed by atoms with Crippen LogP contribution in [0.3, 0.4) is 0 Å². The third-order valence-electron chi connectivity index (χ3n) is 6.13. The fourth-order valence-electron chi connectivity index (χ4n) is 5.13. The molecule has 1 saturated carbocycles. The summed E-state index contributed by atoms with van der Waals surface area (Å²) in [7, 11) is 0. The van der Waals surface area contributed by atoms with E-state index in [0.717, 1.165) is 30.3 Å². The summed E-state index contributed by atoms with van der Waals surface area (Å²) in [4.78, 5) is 12.9. The minimum Gasteiger partial charge on any atom is -0.398 e. The molecule has 2 aromatic rings. The highest BCUT2D eigenvalue weighted by atomic mass is 16.1. The van der Waals surface area contributed by atoms with Crippen LogP contribution in [0.25, 0.3) is 10.8 Å². The van der Waals surface area contributed by atoms with E-state index in [9.17, 15) is 4.79 Å². The van der Waals surface area contributed by atoms with Crippen molar-refractivity contribution in [1.29, 1.82) is 0 Å². The average molecular weight is 289 g/mol. The molecule has 22 heavy (non-hydrogen) atoms. The van der Waals surface area contributed by atoms with Crippen LogP contribution in [0, 0.1) is 11.8 Å². The largest absolute Gasteiger partial charge is 0.398 e. The van der Waals surface area contributed by atoms with E-state index in [0.29, 0.717) is 24.0 Å². The smallest absolute Gasteiger partial charge is 0.144 e. The summed E-state index contributed by atoms with van der Waals surface area (Å²) < 4.78 is 0. The molecular weight excluding hydrogens is 270 g/mol. The zero-order valence-electron chi connectivity index (χ0n) is 12.5. The van der Waals surface area contributed by atoms with Crippen LogP contribution in [0.15, 0.2) is 42.5 Å². The minimum absolute atomic E-state index is 0.260. The highest BCUT2D eigenvalue weighted by Crippen LogP contribution is 2.57. The number of nitrogens with two attached hydrogens (primary N) is 1. The first-order valence-electron chi connectivity index (χ1n) is 8.22. The number of carbonyl (C=O) groups is 1. The molecule has 0 aromatic heterocycles. The number of fused-ring (bicyclic) bond motifs is 6. The lowest BCUT2D eigenvalue weighted by molar-refractivity contribution is -0.126. The lowest BCUT2D eigenvalue weighted by atomic mass is 9.62. The van der Waals surface area contributed by atoms with Gasteiger partial charge in [0.05, 0.1) is 5.41 Å². The number of anilines is 1. The number of rotatable bonds is 0. The van der Waals surface area contributed by atoms with Crippen LogP contribution in [-0.2, 0) is 16.6 Å². The summed E-state index contributed by atoms with van der Waals surface area (Å²) in [6, 6.07) is 10.6. The maximum absolute atomic E-state index is 12.9. The molecule has 0 aliphatic heterocycles. The quantitative estimate of drug-likeness (QED) is 0.592. The van der Waals surface area contributed by atoms with Gasteiger partial charge in [0, 0.05) is 17.5 Å². The number of aryl methyl sites for hydroxylation is 1. The maximum atomic E-state index is 12.9. The third kappa shape index (κ3) is 1.38. The summed E-state index contributed by atoms with van der Waals surface area (Å²) in [5.74, 6) is 1.43. The molecule has 3 aliphatic rings. The highest BCUT2D eigenvalue weighted by Gasteiger charge is 2.55. The monoisotopic (exact) mass is 289 g/mol. The molecule has 0 radical (unpaired) electrons. The van der Waals surface area contributed by atoms with Crippen LogP contribution in [0.5, 0.6) is 0 Å². The van der Waals surface area contributed by atoms with Crippen molar-refractivity contribution < 1.29 is 4.79 Å². The van der Waals surface area contributed by atoms with Gasteiger partial charge >= 0.3 is 0 Å². The predicted molar refractivity (Wildman–Crippen MR) is 88.7 cm³/mol. The lowest BCUT2D eigenvalue weighted by Gasteiger charge is -2.39. The van der Waals surface area contributed by atoms with Crippen molar-refractivity contribution in [3.8, 4) is 0 Å². The summed E-state index contributed by atoms with van der Waals surface area (Å²) in [6.45, 7) is 0. The van der Waals surface area contributed by atoms with Crippen molar-refractivity contribution in [2.24, 2.45) is 11.8 Å². The standard InChI is InChI=1S/C20H19NO/c21-18-3-1-2-13-9-14-5-7-19(22)20(17(14)10-16(13)18)11-12-4-6-15(20)8-12/h1-4,6,9-10,12,15H,5,7-8,11,21H2. The minimum atomic E-state index is -0.260. The fraction of sp³-hybridized carbons (Fsp3) is 0.350. The van der Waals surface area contributed by atoms with E-state index >= 15 is 0 Å². The number of nitrogen functional groups attached to an aromatic ring is 1. The number of carbonyl (C=O) groups excluding carboxylic acids is 1. The Morgan fingerprint density at radius 1 is 1.14 bits per heavy atom. The Morgan fingerprint density at radius 3 is 2.82 bits per heavy atom. The van der Waals surface area contributed by atoms with Gasteiger partial charge in [0.25, 0.3) is 0 Å². The molecule has 2 heteroatoms. The molecule has 1 spiro atoms. The Morgan fingerprint density at radius 2 is 2.05 bits per heavy atom. The van der Waals surface area contributed by atoms with Gasteiger partial charge < -0.3 is 5.73 Å². The van der Waals surface area contributed by atoms with Gasteiger partial charge in [0.15, 0.2) is 0 Å². The van der Waals surface area contributed by atoms with Crippen molar-refractivity contribution in [3.05, 3.63) is 53.6 Å². The second-order valence-electron chi connectivity index (χ2n) is 7.16. The van der Waals surface area contributed by atoms with Gasteiger partial charge in [0.1, 0.15) is 5.78 Å². The summed E-state index contributed by atoms with van der Waals surface area (Å²) in [5, 5.41) is 2.30. The molecule has 2 N–H and O–H groups in total. The van der Waals surface area contributed by atoms with Crippen molar-refractivity contribution in [2.75, 3.05) is 5.73 Å².